The Bertz CT molecular complexity index is 1740. The summed E-state index contributed by atoms with van der Waals surface area (Å²) in [5, 5.41) is 22.1. The van der Waals surface area contributed by atoms with Gasteiger partial charge in [-0.15, -0.1) is 11.3 Å². The smallest absolute Gasteiger partial charge is 0.270 e. The number of fused-ring (bicyclic) bond motifs is 1. The quantitative estimate of drug-likeness (QED) is 0.335. The first-order valence-electron chi connectivity index (χ1n) is 14.2. The van der Waals surface area contributed by atoms with Crippen molar-refractivity contribution in [3.63, 3.8) is 0 Å². The maximum Gasteiger partial charge on any atom is 0.270 e. The van der Waals surface area contributed by atoms with Crippen LogP contribution >= 0.6 is 34.5 Å². The molecule has 13 heteroatoms. The second-order valence-corrected chi connectivity index (χ2v) is 13.7. The molecular weight excluding hydrogens is 621 g/mol. The van der Waals surface area contributed by atoms with Gasteiger partial charge in [-0.3, -0.25) is 19.3 Å². The third kappa shape index (κ3) is 4.69. The molecule has 3 heterocycles. The number of hydrogen-bond donors (Lipinski definition) is 3. The Balaban J connectivity index is 1.18. The van der Waals surface area contributed by atoms with Crippen molar-refractivity contribution in [3.8, 4) is 6.07 Å². The molecule has 4 aliphatic rings. The Hall–Kier alpha value is -4.11. The number of carbonyl (C=O) groups excluding carboxylic acids is 3. The lowest BCUT2D eigenvalue weighted by atomic mass is 9.90. The van der Waals surface area contributed by atoms with Gasteiger partial charge in [0.05, 0.1) is 22.9 Å². The molecule has 44 heavy (non-hydrogen) atoms. The fourth-order valence-corrected chi connectivity index (χ4v) is 7.49. The van der Waals surface area contributed by atoms with Gasteiger partial charge in [0.25, 0.3) is 11.8 Å². The fraction of sp³-hybridized carbons (Fsp3) is 0.323. The average Bonchev–Trinajstić information content (AvgIpc) is 3.79. The van der Waals surface area contributed by atoms with E-state index in [9.17, 15) is 19.6 Å². The van der Waals surface area contributed by atoms with Crippen LogP contribution in [-0.2, 0) is 26.3 Å². The van der Waals surface area contributed by atoms with E-state index >= 15 is 0 Å². The van der Waals surface area contributed by atoms with Crippen LogP contribution in [0.25, 0.3) is 0 Å². The van der Waals surface area contributed by atoms with Crippen LogP contribution in [0.5, 0.6) is 0 Å². The van der Waals surface area contributed by atoms with Crippen molar-refractivity contribution in [2.45, 2.75) is 61.9 Å². The molecule has 3 amide bonds. The number of anilines is 1. The highest BCUT2D eigenvalue weighted by molar-refractivity contribution is 7.09. The molecule has 10 nitrogen and oxygen atoms in total. The summed E-state index contributed by atoms with van der Waals surface area (Å²) in [5.74, 6) is -0.958. The van der Waals surface area contributed by atoms with Crippen molar-refractivity contribution in [2.75, 3.05) is 4.90 Å². The monoisotopic (exact) mass is 647 g/mol. The van der Waals surface area contributed by atoms with Gasteiger partial charge in [-0.25, -0.2) is 4.98 Å². The SMILES string of the molecule is C[C@@]1(Cc2ccc(C#N)cc2)C(=O)N(c2cc(Cl)cc(Cl)c2)C2NC=C(C(=O)NC3(C(=O)NC4(c5nccs5)CC4)CC3)N21. The number of aromatic nitrogens is 1. The molecule has 0 radical (unpaired) electrons. The zero-order chi connectivity index (χ0) is 30.9. The van der Waals surface area contributed by atoms with Crippen LogP contribution in [0.3, 0.4) is 0 Å². The summed E-state index contributed by atoms with van der Waals surface area (Å²) >= 11 is 14.1. The van der Waals surface area contributed by atoms with E-state index < -0.39 is 28.8 Å². The first kappa shape index (κ1) is 28.6. The summed E-state index contributed by atoms with van der Waals surface area (Å²) in [6, 6.07) is 14.0. The van der Waals surface area contributed by atoms with Crippen LogP contribution in [0.1, 0.15) is 48.7 Å². The van der Waals surface area contributed by atoms with Crippen molar-refractivity contribution in [1.82, 2.24) is 25.8 Å². The standard InChI is InChI=1S/C31H27Cl2N7O3S/c1-29(15-18-2-4-19(16-34)5-3-18)27(43)39(22-13-20(32)12-21(33)14-22)28-36-17-23(40(28)29)24(41)37-30(6-7-30)25(42)38-31(8-9-31)26-35-10-11-44-26/h2-5,10-14,17,28,36H,6-9,15H2,1H3,(H,37,41)(H,38,42)/t28?,29-/m1/s1. The van der Waals surface area contributed by atoms with E-state index in [1.807, 2.05) is 5.38 Å². The highest BCUT2D eigenvalue weighted by atomic mass is 35.5. The average molecular weight is 649 g/mol. The zero-order valence-electron chi connectivity index (χ0n) is 23.6. The molecule has 1 unspecified atom stereocenters. The van der Waals surface area contributed by atoms with Crippen molar-refractivity contribution in [3.05, 3.63) is 92.1 Å². The number of halogens is 2. The molecule has 224 valence electrons. The minimum Gasteiger partial charge on any atom is -0.352 e. The van der Waals surface area contributed by atoms with E-state index in [1.54, 1.807) is 71.6 Å². The Kier molecular flexibility index (Phi) is 6.66. The topological polar surface area (TPSA) is 130 Å². The van der Waals surface area contributed by atoms with Gasteiger partial charge in [0, 0.05) is 34.2 Å². The lowest BCUT2D eigenvalue weighted by Crippen LogP contribution is -2.55. The Labute approximate surface area is 267 Å². The molecule has 2 aliphatic heterocycles. The zero-order valence-corrected chi connectivity index (χ0v) is 25.9. The molecule has 2 atom stereocenters. The number of nitrogens with zero attached hydrogens (tertiary/aromatic N) is 4. The summed E-state index contributed by atoms with van der Waals surface area (Å²) in [6.07, 6.45) is 5.43. The van der Waals surface area contributed by atoms with Crippen molar-refractivity contribution >= 4 is 57.9 Å². The fourth-order valence-electron chi connectivity index (χ4n) is 6.13. The molecule has 0 spiro atoms. The molecule has 2 aliphatic carbocycles. The van der Waals surface area contributed by atoms with Crippen molar-refractivity contribution in [2.24, 2.45) is 0 Å². The van der Waals surface area contributed by atoms with Gasteiger partial charge < -0.3 is 20.9 Å². The van der Waals surface area contributed by atoms with E-state index in [0.29, 0.717) is 34.1 Å². The van der Waals surface area contributed by atoms with Gasteiger partial charge in [-0.2, -0.15) is 5.26 Å². The van der Waals surface area contributed by atoms with Crippen molar-refractivity contribution < 1.29 is 14.4 Å². The van der Waals surface area contributed by atoms with Crippen LogP contribution in [0.15, 0.2) is 65.9 Å². The molecule has 3 fully saturated rings. The molecule has 1 aromatic heterocycles. The predicted molar refractivity (Wildman–Crippen MR) is 165 cm³/mol. The number of hydrogen-bond acceptors (Lipinski definition) is 8. The highest BCUT2D eigenvalue weighted by Gasteiger charge is 2.61. The van der Waals surface area contributed by atoms with Crippen LogP contribution in [-0.4, -0.2) is 45.0 Å². The Morgan fingerprint density at radius 1 is 1.11 bits per heavy atom. The number of amides is 3. The summed E-state index contributed by atoms with van der Waals surface area (Å²) in [4.78, 5) is 49.5. The first-order chi connectivity index (χ1) is 21.1. The molecule has 1 saturated heterocycles. The minimum absolute atomic E-state index is 0.227. The maximum absolute atomic E-state index is 14.3. The molecular formula is C31H27Cl2N7O3S. The van der Waals surface area contributed by atoms with E-state index in [0.717, 1.165) is 23.4 Å². The molecule has 3 aromatic rings. The van der Waals surface area contributed by atoms with Gasteiger partial charge in [-0.1, -0.05) is 35.3 Å². The van der Waals surface area contributed by atoms with Crippen LogP contribution < -0.4 is 20.9 Å². The van der Waals surface area contributed by atoms with Crippen LogP contribution in [0.2, 0.25) is 10.0 Å². The van der Waals surface area contributed by atoms with Crippen LogP contribution in [0.4, 0.5) is 5.69 Å². The normalized spacial score (nSPS) is 23.7. The van der Waals surface area contributed by atoms with Crippen LogP contribution in [0, 0.1) is 11.3 Å². The second-order valence-electron chi connectivity index (χ2n) is 11.9. The molecule has 3 N–H and O–H groups in total. The third-order valence-electron chi connectivity index (χ3n) is 8.80. The Morgan fingerprint density at radius 3 is 2.41 bits per heavy atom. The van der Waals surface area contributed by atoms with E-state index in [2.05, 4.69) is 27.0 Å². The lowest BCUT2D eigenvalue weighted by Gasteiger charge is -2.35. The summed E-state index contributed by atoms with van der Waals surface area (Å²) in [7, 11) is 0. The summed E-state index contributed by atoms with van der Waals surface area (Å²) in [5.41, 5.74) is -0.698. The second kappa shape index (κ2) is 10.2. The number of thiazole rings is 1. The largest absolute Gasteiger partial charge is 0.352 e. The van der Waals surface area contributed by atoms with E-state index in [-0.39, 0.29) is 23.9 Å². The molecule has 2 saturated carbocycles. The number of benzene rings is 2. The minimum atomic E-state index is -1.22. The number of carbonyl (C=O) groups is 3. The van der Waals surface area contributed by atoms with Gasteiger partial charge in [0.2, 0.25) is 5.91 Å². The van der Waals surface area contributed by atoms with Gasteiger partial charge in [-0.05, 0) is 68.5 Å². The lowest BCUT2D eigenvalue weighted by molar-refractivity contribution is -0.130. The van der Waals surface area contributed by atoms with Gasteiger partial charge >= 0.3 is 0 Å². The van der Waals surface area contributed by atoms with E-state index in [1.165, 1.54) is 11.3 Å². The number of nitriles is 1. The molecule has 2 aromatic carbocycles. The van der Waals surface area contributed by atoms with E-state index in [4.69, 9.17) is 23.2 Å². The maximum atomic E-state index is 14.3. The molecule has 7 rings (SSSR count). The highest BCUT2D eigenvalue weighted by Crippen LogP contribution is 2.48. The first-order valence-corrected chi connectivity index (χ1v) is 15.8. The van der Waals surface area contributed by atoms with Crippen molar-refractivity contribution in [1.29, 1.82) is 5.26 Å². The third-order valence-corrected chi connectivity index (χ3v) is 10.2. The number of nitrogens with one attached hydrogen (secondary N) is 3. The van der Waals surface area contributed by atoms with Gasteiger partial charge in [0.15, 0.2) is 6.29 Å². The summed E-state index contributed by atoms with van der Waals surface area (Å²) in [6.45, 7) is 1.78. The predicted octanol–water partition coefficient (Wildman–Crippen LogP) is 4.15. The molecule has 0 bridgehead atoms. The van der Waals surface area contributed by atoms with Gasteiger partial charge in [0.1, 0.15) is 21.8 Å². The number of rotatable bonds is 8. The summed E-state index contributed by atoms with van der Waals surface area (Å²) < 4.78 is 0. The Morgan fingerprint density at radius 2 is 1.82 bits per heavy atom.